The maximum atomic E-state index is 12.1. The van der Waals surface area contributed by atoms with Crippen LogP contribution in [0.4, 0.5) is 23.1 Å². The van der Waals surface area contributed by atoms with Crippen LogP contribution in [0.15, 0.2) is 0 Å². The first kappa shape index (κ1) is 18.2. The average Bonchev–Trinajstić information content (AvgIpc) is 2.92. The van der Waals surface area contributed by atoms with E-state index in [1.807, 2.05) is 0 Å². The van der Waals surface area contributed by atoms with Crippen LogP contribution in [0.2, 0.25) is 0 Å². The smallest absolute Gasteiger partial charge is 0.342 e. The number of alkyl halides is 3. The van der Waals surface area contributed by atoms with E-state index in [0.29, 0.717) is 24.6 Å². The molecule has 0 fully saturated rings. The van der Waals surface area contributed by atoms with Gasteiger partial charge in [-0.1, -0.05) is 11.3 Å². The van der Waals surface area contributed by atoms with Crippen molar-refractivity contribution in [3.8, 4) is 0 Å². The van der Waals surface area contributed by atoms with Gasteiger partial charge in [-0.2, -0.15) is 13.2 Å². The van der Waals surface area contributed by atoms with Crippen molar-refractivity contribution in [1.82, 2.24) is 26.1 Å². The highest BCUT2D eigenvalue weighted by atomic mass is 32.1. The number of hydrogen-bond acceptors (Lipinski definition) is 5. The number of anilines is 1. The predicted octanol–water partition coefficient (Wildman–Crippen LogP) is 0.721. The minimum Gasteiger partial charge on any atom is -0.342 e. The number of fused-ring (bicyclic) bond motifs is 1. The number of nitrogens with one attached hydrogen (secondary N) is 4. The zero-order valence-electron chi connectivity index (χ0n) is 12.3. The molecule has 0 radical (unpaired) electrons. The number of nitrogens with zero attached hydrogens (tertiary/aromatic N) is 2. The summed E-state index contributed by atoms with van der Waals surface area (Å²) in [6.45, 7) is 0.736. The number of carbonyl (C=O) groups is 2. The summed E-state index contributed by atoms with van der Waals surface area (Å²) in [6, 6.07) is -0.398. The quantitative estimate of drug-likeness (QED) is 0.422. The number of aromatic nitrogens is 1. The Labute approximate surface area is 143 Å². The number of thiazole rings is 1. The predicted molar refractivity (Wildman–Crippen MR) is 84.2 cm³/mol. The van der Waals surface area contributed by atoms with Crippen LogP contribution in [0.5, 0.6) is 0 Å². The zero-order chi connectivity index (χ0) is 17.9. The second-order valence-corrected chi connectivity index (χ2v) is 6.12. The number of urea groups is 1. The van der Waals surface area contributed by atoms with Crippen LogP contribution in [0.25, 0.3) is 0 Å². The van der Waals surface area contributed by atoms with Crippen LogP contribution >= 0.6 is 23.6 Å². The number of carbonyl (C=O) groups excluding carboxylic acids is 2. The van der Waals surface area contributed by atoms with E-state index in [4.69, 9.17) is 12.2 Å². The number of rotatable bonds is 1. The molecule has 0 aliphatic carbocycles. The Bertz CT molecular complexity index is 663. The van der Waals surface area contributed by atoms with Gasteiger partial charge in [0.05, 0.1) is 12.2 Å². The zero-order valence-corrected chi connectivity index (χ0v) is 13.9. The Balaban J connectivity index is 1.93. The number of thiocarbonyl (C=S) groups is 1. The molecule has 8 nitrogen and oxygen atoms in total. The lowest BCUT2D eigenvalue weighted by atomic mass is 10.2. The molecule has 0 spiro atoms. The van der Waals surface area contributed by atoms with Crippen molar-refractivity contribution in [2.75, 3.05) is 18.9 Å². The summed E-state index contributed by atoms with van der Waals surface area (Å²) in [7, 11) is 1.48. The van der Waals surface area contributed by atoms with E-state index in [0.717, 1.165) is 10.6 Å². The molecule has 2 rings (SSSR count). The van der Waals surface area contributed by atoms with Crippen molar-refractivity contribution in [3.63, 3.8) is 0 Å². The lowest BCUT2D eigenvalue weighted by molar-refractivity contribution is -0.174. The second-order valence-electron chi connectivity index (χ2n) is 4.65. The van der Waals surface area contributed by atoms with E-state index in [2.05, 4.69) is 21.0 Å². The fraction of sp³-hybridized carbons (Fsp3) is 0.455. The molecule has 0 saturated heterocycles. The molecule has 0 saturated carbocycles. The first-order valence-corrected chi connectivity index (χ1v) is 7.82. The molecule has 1 aromatic rings. The van der Waals surface area contributed by atoms with Gasteiger partial charge in [-0.25, -0.2) is 9.78 Å². The maximum absolute atomic E-state index is 12.1. The van der Waals surface area contributed by atoms with Crippen molar-refractivity contribution in [2.45, 2.75) is 19.1 Å². The topological polar surface area (TPSA) is 98.4 Å². The third kappa shape index (κ3) is 4.44. The Morgan fingerprint density at radius 1 is 1.33 bits per heavy atom. The van der Waals surface area contributed by atoms with Crippen molar-refractivity contribution in [2.24, 2.45) is 0 Å². The summed E-state index contributed by atoms with van der Waals surface area (Å²) in [5.74, 6) is -2.13. The summed E-state index contributed by atoms with van der Waals surface area (Å²) < 4.78 is 36.4. The Kier molecular flexibility index (Phi) is 5.43. The van der Waals surface area contributed by atoms with E-state index in [1.54, 1.807) is 4.90 Å². The van der Waals surface area contributed by atoms with Gasteiger partial charge in [0.25, 0.3) is 0 Å². The van der Waals surface area contributed by atoms with E-state index in [-0.39, 0.29) is 5.11 Å². The monoisotopic (exact) mass is 382 g/mol. The van der Waals surface area contributed by atoms with Gasteiger partial charge in [0.1, 0.15) is 0 Å². The molecule has 0 unspecified atom stereocenters. The van der Waals surface area contributed by atoms with Crippen LogP contribution < -0.4 is 21.5 Å². The van der Waals surface area contributed by atoms with E-state index < -0.39 is 18.1 Å². The van der Waals surface area contributed by atoms with Gasteiger partial charge in [-0.15, -0.1) is 0 Å². The summed E-state index contributed by atoms with van der Waals surface area (Å²) in [4.78, 5) is 28.7. The molecule has 132 valence electrons. The normalized spacial score (nSPS) is 13.8. The molecule has 0 bridgehead atoms. The molecule has 24 heavy (non-hydrogen) atoms. The van der Waals surface area contributed by atoms with E-state index in [9.17, 15) is 22.8 Å². The number of hydrazine groups is 1. The van der Waals surface area contributed by atoms with Crippen LogP contribution in [0.1, 0.15) is 10.6 Å². The van der Waals surface area contributed by atoms with Crippen molar-refractivity contribution in [1.29, 1.82) is 0 Å². The molecule has 3 amide bonds. The largest absolute Gasteiger partial charge is 0.472 e. The lowest BCUT2D eigenvalue weighted by Gasteiger charge is -2.28. The Morgan fingerprint density at radius 2 is 2.04 bits per heavy atom. The SMILES string of the molecule is CNC(=O)Nc1nc2c(s1)CN(C(=S)NNC(=O)C(F)(F)F)CC2. The van der Waals surface area contributed by atoms with Crippen molar-refractivity contribution < 1.29 is 22.8 Å². The van der Waals surface area contributed by atoms with Gasteiger partial charge in [0.15, 0.2) is 10.2 Å². The minimum atomic E-state index is -4.99. The van der Waals surface area contributed by atoms with Crippen LogP contribution in [-0.2, 0) is 17.8 Å². The molecule has 1 aliphatic rings. The van der Waals surface area contributed by atoms with Crippen LogP contribution in [-0.4, -0.2) is 46.7 Å². The number of hydrogen-bond donors (Lipinski definition) is 4. The van der Waals surface area contributed by atoms with Crippen molar-refractivity contribution >= 4 is 45.7 Å². The molecular weight excluding hydrogens is 369 g/mol. The molecule has 2 heterocycles. The fourth-order valence-corrected chi connectivity index (χ4v) is 3.07. The molecule has 0 atom stereocenters. The Hall–Kier alpha value is -2.15. The van der Waals surface area contributed by atoms with Gasteiger partial charge in [0, 0.05) is 24.9 Å². The first-order chi connectivity index (χ1) is 11.2. The third-order valence-electron chi connectivity index (χ3n) is 3.01. The third-order valence-corrected chi connectivity index (χ3v) is 4.36. The van der Waals surface area contributed by atoms with Crippen molar-refractivity contribution in [3.05, 3.63) is 10.6 Å². The van der Waals surface area contributed by atoms with Gasteiger partial charge in [-0.05, 0) is 12.2 Å². The second kappa shape index (κ2) is 7.17. The summed E-state index contributed by atoms with van der Waals surface area (Å²) >= 11 is 6.23. The molecule has 1 aliphatic heterocycles. The first-order valence-electron chi connectivity index (χ1n) is 6.60. The standard InChI is InChI=1S/C11H13F3N6O2S2/c1-15-8(22)17-9-16-5-2-3-20(4-6(5)24-9)10(23)19-18-7(21)11(12,13)14/h2-4H2,1H3,(H,18,21)(H,19,23)(H2,15,16,17,22). The van der Waals surface area contributed by atoms with Crippen LogP contribution in [0, 0.1) is 0 Å². The van der Waals surface area contributed by atoms with Gasteiger partial charge < -0.3 is 10.2 Å². The van der Waals surface area contributed by atoms with Gasteiger partial charge >= 0.3 is 18.1 Å². The Morgan fingerprint density at radius 3 is 2.67 bits per heavy atom. The highest BCUT2D eigenvalue weighted by Crippen LogP contribution is 2.28. The highest BCUT2D eigenvalue weighted by molar-refractivity contribution is 7.80. The van der Waals surface area contributed by atoms with Gasteiger partial charge in [-0.3, -0.25) is 21.0 Å². The molecule has 1 aromatic heterocycles. The van der Waals surface area contributed by atoms with Crippen LogP contribution in [0.3, 0.4) is 0 Å². The minimum absolute atomic E-state index is 0.0348. The molecule has 0 aromatic carbocycles. The number of halogens is 3. The highest BCUT2D eigenvalue weighted by Gasteiger charge is 2.39. The summed E-state index contributed by atoms with van der Waals surface area (Å²) in [5.41, 5.74) is 4.38. The summed E-state index contributed by atoms with van der Waals surface area (Å²) in [5, 5.41) is 5.35. The van der Waals surface area contributed by atoms with E-state index in [1.165, 1.54) is 23.8 Å². The summed E-state index contributed by atoms with van der Waals surface area (Å²) in [6.07, 6.45) is -4.48. The molecule has 13 heteroatoms. The maximum Gasteiger partial charge on any atom is 0.472 e. The lowest BCUT2D eigenvalue weighted by Crippen LogP contribution is -2.52. The van der Waals surface area contributed by atoms with E-state index >= 15 is 0 Å². The number of amides is 3. The average molecular weight is 382 g/mol. The van der Waals surface area contributed by atoms with Gasteiger partial charge in [0.2, 0.25) is 0 Å². The molecular formula is C11H13F3N6O2S2. The fourth-order valence-electron chi connectivity index (χ4n) is 1.84. The molecule has 4 N–H and O–H groups in total.